The molecule has 132 valence electrons. The Morgan fingerprint density at radius 1 is 1.23 bits per heavy atom. The summed E-state index contributed by atoms with van der Waals surface area (Å²) in [5.74, 6) is 0.897. The summed E-state index contributed by atoms with van der Waals surface area (Å²) in [5.41, 5.74) is 3.69. The summed E-state index contributed by atoms with van der Waals surface area (Å²) in [6.45, 7) is 0. The first-order valence-electron chi connectivity index (χ1n) is 8.46. The smallest absolute Gasteiger partial charge is 0.257 e. The van der Waals surface area contributed by atoms with Crippen LogP contribution in [-0.4, -0.2) is 23.2 Å². The molecule has 0 radical (unpaired) electrons. The number of methoxy groups -OCH3 is 1. The summed E-state index contributed by atoms with van der Waals surface area (Å²) in [6.07, 6.45) is 2.18. The van der Waals surface area contributed by atoms with E-state index in [4.69, 9.17) is 16.3 Å². The van der Waals surface area contributed by atoms with Crippen LogP contribution in [0.5, 0.6) is 5.75 Å². The molecule has 1 aliphatic rings. The number of carbonyl (C=O) groups excluding carboxylic acids is 1. The van der Waals surface area contributed by atoms with Crippen LogP contribution in [0.2, 0.25) is 5.02 Å². The largest absolute Gasteiger partial charge is 0.497 e. The predicted molar refractivity (Wildman–Crippen MR) is 102 cm³/mol. The number of H-pyrrole nitrogens is 1. The lowest BCUT2D eigenvalue weighted by atomic mass is 10.1. The molecule has 0 unspecified atom stereocenters. The number of hydrogen-bond acceptors (Lipinski definition) is 3. The van der Waals surface area contributed by atoms with Crippen molar-refractivity contribution in [2.45, 2.75) is 18.8 Å². The average Bonchev–Trinajstić information content (AvgIpc) is 3.43. The van der Waals surface area contributed by atoms with Gasteiger partial charge in [-0.2, -0.15) is 5.10 Å². The maximum Gasteiger partial charge on any atom is 0.257 e. The van der Waals surface area contributed by atoms with Crippen molar-refractivity contribution in [3.05, 3.63) is 64.8 Å². The lowest BCUT2D eigenvalue weighted by molar-refractivity contribution is 0.102. The average molecular weight is 368 g/mol. The van der Waals surface area contributed by atoms with Gasteiger partial charge in [-0.05, 0) is 37.1 Å². The lowest BCUT2D eigenvalue weighted by Crippen LogP contribution is -2.13. The minimum Gasteiger partial charge on any atom is -0.497 e. The number of nitrogens with zero attached hydrogens (tertiary/aromatic N) is 1. The van der Waals surface area contributed by atoms with Crippen molar-refractivity contribution in [3.8, 4) is 17.0 Å². The third-order valence-corrected chi connectivity index (χ3v) is 4.81. The van der Waals surface area contributed by atoms with E-state index >= 15 is 0 Å². The number of anilines is 1. The molecule has 0 spiro atoms. The van der Waals surface area contributed by atoms with E-state index in [2.05, 4.69) is 15.5 Å². The van der Waals surface area contributed by atoms with Gasteiger partial charge >= 0.3 is 0 Å². The van der Waals surface area contributed by atoms with E-state index in [0.29, 0.717) is 27.9 Å². The number of benzene rings is 2. The number of aromatic amines is 1. The molecule has 5 nitrogen and oxygen atoms in total. The second-order valence-electron chi connectivity index (χ2n) is 6.30. The molecule has 1 amide bonds. The fourth-order valence-corrected chi connectivity index (χ4v) is 3.18. The molecular weight excluding hydrogens is 350 g/mol. The van der Waals surface area contributed by atoms with Crippen molar-refractivity contribution < 1.29 is 9.53 Å². The Morgan fingerprint density at radius 3 is 2.77 bits per heavy atom. The van der Waals surface area contributed by atoms with Crippen LogP contribution in [0.25, 0.3) is 11.3 Å². The molecule has 2 N–H and O–H groups in total. The number of rotatable bonds is 5. The molecule has 1 heterocycles. The van der Waals surface area contributed by atoms with Gasteiger partial charge in [0.25, 0.3) is 5.91 Å². The highest BCUT2D eigenvalue weighted by atomic mass is 35.5. The van der Waals surface area contributed by atoms with Crippen LogP contribution in [0.15, 0.2) is 48.5 Å². The van der Waals surface area contributed by atoms with Gasteiger partial charge < -0.3 is 10.1 Å². The minimum atomic E-state index is -0.247. The fraction of sp³-hybridized carbons (Fsp3) is 0.200. The quantitative estimate of drug-likeness (QED) is 0.676. The minimum absolute atomic E-state index is 0.247. The molecule has 1 aliphatic carbocycles. The van der Waals surface area contributed by atoms with Gasteiger partial charge in [0, 0.05) is 11.5 Å². The van der Waals surface area contributed by atoms with Crippen LogP contribution in [0.1, 0.15) is 34.8 Å². The van der Waals surface area contributed by atoms with Gasteiger partial charge in [0.2, 0.25) is 0 Å². The molecule has 1 aromatic heterocycles. The molecule has 3 aromatic rings. The molecule has 1 saturated carbocycles. The van der Waals surface area contributed by atoms with Crippen molar-refractivity contribution in [1.29, 1.82) is 0 Å². The topological polar surface area (TPSA) is 67.0 Å². The Hall–Kier alpha value is -2.79. The van der Waals surface area contributed by atoms with E-state index in [-0.39, 0.29) is 5.91 Å². The number of ether oxygens (including phenoxy) is 1. The normalized spacial score (nSPS) is 13.5. The first-order valence-corrected chi connectivity index (χ1v) is 8.83. The molecule has 0 aliphatic heterocycles. The van der Waals surface area contributed by atoms with Crippen molar-refractivity contribution in [2.24, 2.45) is 0 Å². The molecule has 0 saturated heterocycles. The Bertz CT molecular complexity index is 963. The number of aromatic nitrogens is 2. The van der Waals surface area contributed by atoms with Gasteiger partial charge in [-0.15, -0.1) is 0 Å². The fourth-order valence-electron chi connectivity index (χ4n) is 2.95. The summed E-state index contributed by atoms with van der Waals surface area (Å²) in [4.78, 5) is 12.8. The molecule has 6 heteroatoms. The SMILES string of the molecule is COc1cccc(-c2n[nH]c(C3CC3)c2NC(=O)c2ccccc2Cl)c1. The van der Waals surface area contributed by atoms with Crippen molar-refractivity contribution in [1.82, 2.24) is 10.2 Å². The van der Waals surface area contributed by atoms with Gasteiger partial charge in [0.05, 0.1) is 29.1 Å². The van der Waals surface area contributed by atoms with E-state index in [0.717, 1.165) is 29.8 Å². The first-order chi connectivity index (χ1) is 12.7. The van der Waals surface area contributed by atoms with Crippen molar-refractivity contribution in [3.63, 3.8) is 0 Å². The van der Waals surface area contributed by atoms with Crippen LogP contribution >= 0.6 is 11.6 Å². The standard InChI is InChI=1S/C20H18ClN3O2/c1-26-14-6-4-5-13(11-14)18-19(17(23-24-18)12-9-10-12)22-20(25)15-7-2-3-8-16(15)21/h2-8,11-12H,9-10H2,1H3,(H,22,25)(H,23,24). The monoisotopic (exact) mass is 367 g/mol. The zero-order valence-electron chi connectivity index (χ0n) is 14.3. The van der Waals surface area contributed by atoms with Crippen LogP contribution in [0, 0.1) is 0 Å². The number of nitrogens with one attached hydrogen (secondary N) is 2. The summed E-state index contributed by atoms with van der Waals surface area (Å²) in [6, 6.07) is 14.6. The second kappa shape index (κ2) is 6.84. The maximum atomic E-state index is 12.8. The number of hydrogen-bond donors (Lipinski definition) is 2. The van der Waals surface area contributed by atoms with Crippen LogP contribution in [0.3, 0.4) is 0 Å². The molecule has 0 bridgehead atoms. The molecule has 1 fully saturated rings. The Labute approximate surface area is 156 Å². The second-order valence-corrected chi connectivity index (χ2v) is 6.71. The predicted octanol–water partition coefficient (Wildman–Crippen LogP) is 4.87. The van der Waals surface area contributed by atoms with E-state index < -0.39 is 0 Å². The van der Waals surface area contributed by atoms with E-state index in [9.17, 15) is 4.79 Å². The summed E-state index contributed by atoms with van der Waals surface area (Å²) < 4.78 is 5.31. The van der Waals surface area contributed by atoms with E-state index in [1.54, 1.807) is 31.4 Å². The Morgan fingerprint density at radius 2 is 2.04 bits per heavy atom. The molecule has 26 heavy (non-hydrogen) atoms. The third kappa shape index (κ3) is 3.18. The van der Waals surface area contributed by atoms with E-state index in [1.165, 1.54) is 0 Å². The summed E-state index contributed by atoms with van der Waals surface area (Å²) in [5, 5.41) is 11.0. The number of amides is 1. The van der Waals surface area contributed by atoms with Crippen molar-refractivity contribution >= 4 is 23.2 Å². The highest BCUT2D eigenvalue weighted by Gasteiger charge is 2.31. The van der Waals surface area contributed by atoms with Crippen LogP contribution in [-0.2, 0) is 0 Å². The van der Waals surface area contributed by atoms with Gasteiger partial charge in [-0.25, -0.2) is 0 Å². The zero-order chi connectivity index (χ0) is 18.1. The summed E-state index contributed by atoms with van der Waals surface area (Å²) in [7, 11) is 1.62. The maximum absolute atomic E-state index is 12.8. The lowest BCUT2D eigenvalue weighted by Gasteiger charge is -2.10. The molecular formula is C20H18ClN3O2. The van der Waals surface area contributed by atoms with Gasteiger partial charge in [-0.1, -0.05) is 35.9 Å². The van der Waals surface area contributed by atoms with Gasteiger partial charge in [0.1, 0.15) is 11.4 Å². The molecule has 4 rings (SSSR count). The Balaban J connectivity index is 1.73. The van der Waals surface area contributed by atoms with Crippen LogP contribution in [0.4, 0.5) is 5.69 Å². The van der Waals surface area contributed by atoms with Crippen LogP contribution < -0.4 is 10.1 Å². The third-order valence-electron chi connectivity index (χ3n) is 4.48. The zero-order valence-corrected chi connectivity index (χ0v) is 15.0. The van der Waals surface area contributed by atoms with Crippen molar-refractivity contribution in [2.75, 3.05) is 12.4 Å². The van der Waals surface area contributed by atoms with Gasteiger partial charge in [0.15, 0.2) is 0 Å². The number of carbonyl (C=O) groups is 1. The first kappa shape index (κ1) is 16.7. The number of halogens is 1. The Kier molecular flexibility index (Phi) is 4.39. The molecule has 2 aromatic carbocycles. The van der Waals surface area contributed by atoms with Gasteiger partial charge in [-0.3, -0.25) is 9.89 Å². The molecule has 0 atom stereocenters. The highest BCUT2D eigenvalue weighted by Crippen LogP contribution is 2.45. The van der Waals surface area contributed by atoms with E-state index in [1.807, 2.05) is 24.3 Å². The highest BCUT2D eigenvalue weighted by molar-refractivity contribution is 6.34. The summed E-state index contributed by atoms with van der Waals surface area (Å²) >= 11 is 6.17.